The maximum absolute atomic E-state index is 11.5. The third kappa shape index (κ3) is 1.71. The number of rotatable bonds is 2. The van der Waals surface area contributed by atoms with E-state index in [1.165, 1.54) is 7.11 Å². The van der Waals surface area contributed by atoms with Crippen LogP contribution in [-0.2, 0) is 22.4 Å². The fourth-order valence-electron chi connectivity index (χ4n) is 2.33. The van der Waals surface area contributed by atoms with Crippen molar-refractivity contribution in [3.05, 3.63) is 35.4 Å². The summed E-state index contributed by atoms with van der Waals surface area (Å²) in [5.41, 5.74) is 1.26. The molecule has 1 N–H and O–H groups in total. The largest absolute Gasteiger partial charge is 0.469 e. The summed E-state index contributed by atoms with van der Waals surface area (Å²) in [5, 5.41) is 10.5. The van der Waals surface area contributed by atoms with E-state index in [4.69, 9.17) is 0 Å². The van der Waals surface area contributed by atoms with Gasteiger partial charge in [0, 0.05) is 12.8 Å². The Kier molecular flexibility index (Phi) is 2.72. The Labute approximate surface area is 95.0 Å². The number of esters is 1. The molecule has 0 radical (unpaired) electrons. The number of carbonyl (C=O) groups excluding carboxylic acids is 1. The van der Waals surface area contributed by atoms with Crippen molar-refractivity contribution in [3.63, 3.8) is 0 Å². The maximum Gasteiger partial charge on any atom is 0.311 e. The lowest BCUT2D eigenvalue weighted by Gasteiger charge is -2.27. The number of aliphatic hydroxyl groups is 1. The molecule has 0 fully saturated rings. The van der Waals surface area contributed by atoms with Gasteiger partial charge in [-0.2, -0.15) is 0 Å². The van der Waals surface area contributed by atoms with E-state index < -0.39 is 11.5 Å². The molecule has 1 aliphatic carbocycles. The number of carbonyl (C=O) groups is 1. The first-order chi connectivity index (χ1) is 7.57. The first-order valence-electron chi connectivity index (χ1n) is 5.44. The van der Waals surface area contributed by atoms with Gasteiger partial charge in [-0.15, -0.1) is 0 Å². The molecule has 86 valence electrons. The normalized spacial score (nSPS) is 18.9. The number of fused-ring (bicyclic) bond motifs is 1. The Balaban J connectivity index is 2.23. The predicted octanol–water partition coefficient (Wildman–Crippen LogP) is 1.33. The van der Waals surface area contributed by atoms with Crippen LogP contribution in [0.1, 0.15) is 18.1 Å². The second-order valence-electron chi connectivity index (χ2n) is 4.47. The van der Waals surface area contributed by atoms with Crippen molar-refractivity contribution in [1.29, 1.82) is 0 Å². The predicted molar refractivity (Wildman–Crippen MR) is 60.0 cm³/mol. The van der Waals surface area contributed by atoms with E-state index in [0.717, 1.165) is 11.1 Å². The van der Waals surface area contributed by atoms with E-state index in [9.17, 15) is 9.90 Å². The van der Waals surface area contributed by atoms with Crippen LogP contribution >= 0.6 is 0 Å². The summed E-state index contributed by atoms with van der Waals surface area (Å²) in [6.07, 6.45) is 1.05. The zero-order chi connectivity index (χ0) is 11.8. The van der Waals surface area contributed by atoms with Crippen molar-refractivity contribution in [2.75, 3.05) is 7.11 Å². The van der Waals surface area contributed by atoms with Gasteiger partial charge >= 0.3 is 5.97 Å². The van der Waals surface area contributed by atoms with Gasteiger partial charge in [0.2, 0.25) is 0 Å². The molecule has 0 aliphatic heterocycles. The second kappa shape index (κ2) is 3.91. The Morgan fingerprint density at radius 3 is 2.31 bits per heavy atom. The molecular formula is C13H16O3. The number of hydrogen-bond acceptors (Lipinski definition) is 3. The summed E-state index contributed by atoms with van der Waals surface area (Å²) in [4.78, 5) is 11.5. The van der Waals surface area contributed by atoms with Crippen LogP contribution < -0.4 is 0 Å². The van der Waals surface area contributed by atoms with Gasteiger partial charge in [-0.1, -0.05) is 24.3 Å². The molecule has 0 saturated carbocycles. The minimum atomic E-state index is -0.989. The summed E-state index contributed by atoms with van der Waals surface area (Å²) in [6.45, 7) is 1.72. The van der Waals surface area contributed by atoms with Gasteiger partial charge in [-0.25, -0.2) is 0 Å². The number of hydrogen-bond donors (Lipinski definition) is 1. The summed E-state index contributed by atoms with van der Waals surface area (Å²) >= 11 is 0. The molecule has 2 rings (SSSR count). The first kappa shape index (κ1) is 11.1. The highest BCUT2D eigenvalue weighted by Gasteiger charge is 2.43. The second-order valence-corrected chi connectivity index (χ2v) is 4.47. The van der Waals surface area contributed by atoms with Crippen LogP contribution in [0.4, 0.5) is 0 Å². The summed E-state index contributed by atoms with van der Waals surface area (Å²) in [6, 6.07) is 7.90. The Morgan fingerprint density at radius 2 is 1.88 bits per heavy atom. The number of ether oxygens (including phenoxy) is 1. The monoisotopic (exact) mass is 220 g/mol. The van der Waals surface area contributed by atoms with Crippen LogP contribution in [0, 0.1) is 5.92 Å². The zero-order valence-electron chi connectivity index (χ0n) is 9.56. The Bertz CT molecular complexity index is 386. The third-order valence-corrected chi connectivity index (χ3v) is 3.47. The van der Waals surface area contributed by atoms with E-state index in [0.29, 0.717) is 12.8 Å². The molecular weight excluding hydrogens is 204 g/mol. The van der Waals surface area contributed by atoms with Gasteiger partial charge in [0.15, 0.2) is 0 Å². The van der Waals surface area contributed by atoms with Crippen LogP contribution in [0.5, 0.6) is 0 Å². The molecule has 0 heterocycles. The van der Waals surface area contributed by atoms with Gasteiger partial charge in [0.25, 0.3) is 0 Å². The SMILES string of the molecule is COC(=O)C(C)C1(O)Cc2ccccc2C1. The molecule has 0 saturated heterocycles. The van der Waals surface area contributed by atoms with Gasteiger partial charge in [-0.3, -0.25) is 4.79 Å². The molecule has 3 nitrogen and oxygen atoms in total. The molecule has 1 unspecified atom stereocenters. The lowest BCUT2D eigenvalue weighted by atomic mass is 9.86. The van der Waals surface area contributed by atoms with Crippen molar-refractivity contribution in [3.8, 4) is 0 Å². The average molecular weight is 220 g/mol. The molecule has 16 heavy (non-hydrogen) atoms. The van der Waals surface area contributed by atoms with E-state index in [-0.39, 0.29) is 5.97 Å². The highest BCUT2D eigenvalue weighted by molar-refractivity contribution is 5.73. The topological polar surface area (TPSA) is 46.5 Å². The smallest absolute Gasteiger partial charge is 0.311 e. The van der Waals surface area contributed by atoms with E-state index in [1.807, 2.05) is 24.3 Å². The molecule has 0 amide bonds. The lowest BCUT2D eigenvalue weighted by molar-refractivity contribution is -0.154. The van der Waals surface area contributed by atoms with Gasteiger partial charge < -0.3 is 9.84 Å². The fourth-order valence-corrected chi connectivity index (χ4v) is 2.33. The van der Waals surface area contributed by atoms with Crippen molar-refractivity contribution in [2.24, 2.45) is 5.92 Å². The van der Waals surface area contributed by atoms with Crippen LogP contribution in [-0.4, -0.2) is 23.8 Å². The standard InChI is InChI=1S/C13H16O3/c1-9(12(14)16-2)13(15)7-10-5-3-4-6-11(10)8-13/h3-6,9,15H,7-8H2,1-2H3. The van der Waals surface area contributed by atoms with Crippen molar-refractivity contribution < 1.29 is 14.6 Å². The van der Waals surface area contributed by atoms with Gasteiger partial charge in [0.05, 0.1) is 18.6 Å². The molecule has 1 aromatic carbocycles. The first-order valence-corrected chi connectivity index (χ1v) is 5.44. The van der Waals surface area contributed by atoms with Crippen LogP contribution in [0.2, 0.25) is 0 Å². The van der Waals surface area contributed by atoms with Crippen molar-refractivity contribution in [2.45, 2.75) is 25.4 Å². The highest BCUT2D eigenvalue weighted by Crippen LogP contribution is 2.35. The Hall–Kier alpha value is -1.35. The minimum Gasteiger partial charge on any atom is -0.469 e. The molecule has 3 heteroatoms. The molecule has 1 atom stereocenters. The highest BCUT2D eigenvalue weighted by atomic mass is 16.5. The van der Waals surface area contributed by atoms with Crippen LogP contribution in [0.15, 0.2) is 24.3 Å². The molecule has 1 aromatic rings. The van der Waals surface area contributed by atoms with Gasteiger partial charge in [-0.05, 0) is 18.1 Å². The summed E-state index contributed by atoms with van der Waals surface area (Å²) in [5.74, 6) is -0.847. The zero-order valence-corrected chi connectivity index (χ0v) is 9.56. The van der Waals surface area contributed by atoms with Gasteiger partial charge in [0.1, 0.15) is 0 Å². The summed E-state index contributed by atoms with van der Waals surface area (Å²) in [7, 11) is 1.35. The Morgan fingerprint density at radius 1 is 1.38 bits per heavy atom. The average Bonchev–Trinajstić information content (AvgIpc) is 2.64. The molecule has 0 bridgehead atoms. The fraction of sp³-hybridized carbons (Fsp3) is 0.462. The van der Waals surface area contributed by atoms with Crippen molar-refractivity contribution in [1.82, 2.24) is 0 Å². The molecule has 0 spiro atoms. The maximum atomic E-state index is 11.5. The molecule has 1 aliphatic rings. The quantitative estimate of drug-likeness (QED) is 0.765. The molecule has 0 aromatic heterocycles. The lowest BCUT2D eigenvalue weighted by Crippen LogP contribution is -2.42. The number of benzene rings is 1. The van der Waals surface area contributed by atoms with E-state index in [2.05, 4.69) is 4.74 Å². The van der Waals surface area contributed by atoms with Crippen LogP contribution in [0.25, 0.3) is 0 Å². The number of methoxy groups -OCH3 is 1. The van der Waals surface area contributed by atoms with E-state index >= 15 is 0 Å². The summed E-state index contributed by atoms with van der Waals surface area (Å²) < 4.78 is 4.69. The van der Waals surface area contributed by atoms with E-state index in [1.54, 1.807) is 6.92 Å². The third-order valence-electron chi connectivity index (χ3n) is 3.47. The minimum absolute atomic E-state index is 0.352. The van der Waals surface area contributed by atoms with Crippen LogP contribution in [0.3, 0.4) is 0 Å². The van der Waals surface area contributed by atoms with Crippen molar-refractivity contribution >= 4 is 5.97 Å².